The molecule has 2 heteroatoms. The van der Waals surface area contributed by atoms with E-state index < -0.39 is 0 Å². The van der Waals surface area contributed by atoms with Gasteiger partial charge in [0.1, 0.15) is 18.9 Å². The average Bonchev–Trinajstić information content (AvgIpc) is 3.21. The third kappa shape index (κ3) is 12.5. The molecule has 33 heavy (non-hydrogen) atoms. The predicted molar refractivity (Wildman–Crippen MR) is 144 cm³/mol. The highest BCUT2D eigenvalue weighted by molar-refractivity contribution is 5.15. The number of benzene rings is 1. The van der Waals surface area contributed by atoms with Crippen LogP contribution in [-0.2, 0) is 19.5 Å². The number of unbranched alkanes of at least 4 members (excludes halogenated alkanes) is 15. The first-order valence-corrected chi connectivity index (χ1v) is 14.5. The van der Waals surface area contributed by atoms with E-state index in [2.05, 4.69) is 65.7 Å². The molecule has 0 saturated carbocycles. The van der Waals surface area contributed by atoms with Crippen molar-refractivity contribution in [3.8, 4) is 0 Å². The first kappa shape index (κ1) is 27.7. The number of rotatable bonds is 21. The van der Waals surface area contributed by atoms with Crippen LogP contribution in [0.1, 0.15) is 134 Å². The number of imidazole rings is 1. The monoisotopic (exact) mass is 453 g/mol. The van der Waals surface area contributed by atoms with Gasteiger partial charge in [0, 0.05) is 6.42 Å². The second-order valence-corrected chi connectivity index (χ2v) is 10.1. The van der Waals surface area contributed by atoms with Gasteiger partial charge in [0.25, 0.3) is 5.82 Å². The Kier molecular flexibility index (Phi) is 15.8. The minimum atomic E-state index is 0.998. The summed E-state index contributed by atoms with van der Waals surface area (Å²) in [6.07, 6.45) is 29.6. The number of nitrogens with zero attached hydrogens (tertiary/aromatic N) is 2. The lowest BCUT2D eigenvalue weighted by molar-refractivity contribution is -0.704. The summed E-state index contributed by atoms with van der Waals surface area (Å²) in [6, 6.07) is 10.9. The zero-order chi connectivity index (χ0) is 23.4. The molecule has 0 atom stereocenters. The van der Waals surface area contributed by atoms with Crippen LogP contribution in [0.25, 0.3) is 0 Å². The molecule has 1 aromatic heterocycles. The van der Waals surface area contributed by atoms with Crippen molar-refractivity contribution in [2.45, 2.75) is 143 Å². The normalized spacial score (nSPS) is 11.3. The van der Waals surface area contributed by atoms with E-state index in [-0.39, 0.29) is 0 Å². The van der Waals surface area contributed by atoms with E-state index in [0.717, 1.165) is 6.54 Å². The molecule has 0 amide bonds. The van der Waals surface area contributed by atoms with Gasteiger partial charge in [0.2, 0.25) is 0 Å². The van der Waals surface area contributed by atoms with Crippen LogP contribution in [0, 0.1) is 0 Å². The minimum Gasteiger partial charge on any atom is -0.234 e. The van der Waals surface area contributed by atoms with Crippen molar-refractivity contribution in [1.82, 2.24) is 4.57 Å². The van der Waals surface area contributed by atoms with E-state index in [1.165, 1.54) is 134 Å². The molecule has 2 rings (SSSR count). The van der Waals surface area contributed by atoms with Gasteiger partial charge in [-0.2, -0.15) is 0 Å². The third-order valence-corrected chi connectivity index (χ3v) is 7.04. The molecular formula is C31H53N2+. The number of aromatic nitrogens is 2. The Bertz CT molecular complexity index is 688. The first-order chi connectivity index (χ1) is 16.3. The molecule has 0 N–H and O–H groups in total. The summed E-state index contributed by atoms with van der Waals surface area (Å²) in [4.78, 5) is 0. The summed E-state index contributed by atoms with van der Waals surface area (Å²) >= 11 is 0. The zero-order valence-electron chi connectivity index (χ0n) is 22.1. The Balaban J connectivity index is 1.77. The summed E-state index contributed by atoms with van der Waals surface area (Å²) in [6.45, 7) is 6.78. The molecule has 0 spiro atoms. The molecular weight excluding hydrogens is 400 g/mol. The maximum absolute atomic E-state index is 2.56. The molecule has 0 aliphatic rings. The second kappa shape index (κ2) is 18.8. The van der Waals surface area contributed by atoms with Crippen LogP contribution in [0.4, 0.5) is 0 Å². The van der Waals surface area contributed by atoms with Crippen molar-refractivity contribution in [3.63, 3.8) is 0 Å². The summed E-state index contributed by atoms with van der Waals surface area (Å²) in [5, 5.41) is 0. The van der Waals surface area contributed by atoms with Gasteiger partial charge in [0.05, 0.1) is 6.54 Å². The molecule has 1 heterocycles. The SMILES string of the molecule is CCCCCCCCCCCc1n(Cc2ccccc2)cc[n+]1CCCCCCCCCC. The molecule has 0 aliphatic heterocycles. The van der Waals surface area contributed by atoms with Crippen LogP contribution < -0.4 is 4.57 Å². The summed E-state index contributed by atoms with van der Waals surface area (Å²) in [7, 11) is 0. The fourth-order valence-electron chi connectivity index (χ4n) is 4.92. The Morgan fingerprint density at radius 3 is 1.70 bits per heavy atom. The molecule has 0 unspecified atom stereocenters. The van der Waals surface area contributed by atoms with Gasteiger partial charge >= 0.3 is 0 Å². The highest BCUT2D eigenvalue weighted by Gasteiger charge is 2.17. The largest absolute Gasteiger partial charge is 0.256 e. The average molecular weight is 454 g/mol. The van der Waals surface area contributed by atoms with Gasteiger partial charge in [0.15, 0.2) is 0 Å². The fourth-order valence-corrected chi connectivity index (χ4v) is 4.92. The molecule has 1 aromatic carbocycles. The van der Waals surface area contributed by atoms with E-state index >= 15 is 0 Å². The first-order valence-electron chi connectivity index (χ1n) is 14.5. The Morgan fingerprint density at radius 1 is 0.606 bits per heavy atom. The van der Waals surface area contributed by atoms with E-state index in [1.807, 2.05) is 0 Å². The molecule has 0 aliphatic carbocycles. The molecule has 0 bridgehead atoms. The summed E-state index contributed by atoms with van der Waals surface area (Å²) < 4.78 is 5.07. The highest BCUT2D eigenvalue weighted by Crippen LogP contribution is 2.13. The Morgan fingerprint density at radius 2 is 1.12 bits per heavy atom. The smallest absolute Gasteiger partial charge is 0.234 e. The van der Waals surface area contributed by atoms with E-state index in [4.69, 9.17) is 0 Å². The van der Waals surface area contributed by atoms with Gasteiger partial charge in [-0.1, -0.05) is 134 Å². The van der Waals surface area contributed by atoms with Crippen LogP contribution in [-0.4, -0.2) is 4.57 Å². The van der Waals surface area contributed by atoms with Crippen LogP contribution in [0.2, 0.25) is 0 Å². The molecule has 186 valence electrons. The lowest BCUT2D eigenvalue weighted by atomic mass is 10.1. The van der Waals surface area contributed by atoms with Gasteiger partial charge in [-0.05, 0) is 24.8 Å². The number of hydrogen-bond donors (Lipinski definition) is 0. The number of hydrogen-bond acceptors (Lipinski definition) is 0. The lowest BCUT2D eigenvalue weighted by Gasteiger charge is -2.07. The standard InChI is InChI=1S/C31H53N2/c1-3-5-7-9-11-13-14-16-21-25-31-32(26-22-17-15-12-10-8-6-4-2)27-28-33(31)29-30-23-19-18-20-24-30/h18-20,23-24,27-28H,3-17,21-22,25-26,29H2,1-2H3/q+1. The van der Waals surface area contributed by atoms with Crippen molar-refractivity contribution in [2.75, 3.05) is 0 Å². The van der Waals surface area contributed by atoms with Crippen molar-refractivity contribution in [3.05, 3.63) is 54.1 Å². The highest BCUT2D eigenvalue weighted by atomic mass is 15.1. The van der Waals surface area contributed by atoms with Crippen LogP contribution in [0.3, 0.4) is 0 Å². The van der Waals surface area contributed by atoms with Gasteiger partial charge in [-0.3, -0.25) is 0 Å². The second-order valence-electron chi connectivity index (χ2n) is 10.1. The maximum Gasteiger partial charge on any atom is 0.256 e. The van der Waals surface area contributed by atoms with Crippen molar-refractivity contribution in [1.29, 1.82) is 0 Å². The predicted octanol–water partition coefficient (Wildman–Crippen LogP) is 9.04. The van der Waals surface area contributed by atoms with E-state index in [0.29, 0.717) is 0 Å². The minimum absolute atomic E-state index is 0.998. The molecule has 2 nitrogen and oxygen atoms in total. The van der Waals surface area contributed by atoms with E-state index in [1.54, 1.807) is 0 Å². The van der Waals surface area contributed by atoms with Gasteiger partial charge in [-0.25, -0.2) is 9.13 Å². The molecule has 0 saturated heterocycles. The molecule has 2 aromatic rings. The van der Waals surface area contributed by atoms with Gasteiger partial charge < -0.3 is 0 Å². The summed E-state index contributed by atoms with van der Waals surface area (Å²) in [5.74, 6) is 1.53. The maximum atomic E-state index is 2.56. The van der Waals surface area contributed by atoms with Crippen molar-refractivity contribution < 1.29 is 4.57 Å². The summed E-state index contributed by atoms with van der Waals surface area (Å²) in [5.41, 5.74) is 1.40. The molecule has 0 radical (unpaired) electrons. The Labute approximate surface area is 205 Å². The zero-order valence-corrected chi connectivity index (χ0v) is 22.1. The van der Waals surface area contributed by atoms with Crippen LogP contribution >= 0.6 is 0 Å². The fraction of sp³-hybridized carbons (Fsp3) is 0.710. The van der Waals surface area contributed by atoms with E-state index in [9.17, 15) is 0 Å². The quantitative estimate of drug-likeness (QED) is 0.132. The van der Waals surface area contributed by atoms with Crippen LogP contribution in [0.15, 0.2) is 42.7 Å². The Hall–Kier alpha value is -1.57. The van der Waals surface area contributed by atoms with Gasteiger partial charge in [-0.15, -0.1) is 0 Å². The third-order valence-electron chi connectivity index (χ3n) is 7.04. The topological polar surface area (TPSA) is 8.81 Å². The molecule has 0 fully saturated rings. The van der Waals surface area contributed by atoms with Crippen LogP contribution in [0.5, 0.6) is 0 Å². The number of aryl methyl sites for hydroxylation is 1. The van der Waals surface area contributed by atoms with Crippen molar-refractivity contribution in [2.24, 2.45) is 0 Å². The lowest BCUT2D eigenvalue weighted by Crippen LogP contribution is -2.37. The van der Waals surface area contributed by atoms with Crippen molar-refractivity contribution >= 4 is 0 Å².